The topological polar surface area (TPSA) is 85.2 Å². The number of nitrogens with zero attached hydrogens (tertiary/aromatic N) is 4. The van der Waals surface area contributed by atoms with Crippen molar-refractivity contribution in [3.8, 4) is 11.4 Å². The van der Waals surface area contributed by atoms with Crippen LogP contribution in [0.3, 0.4) is 0 Å². The van der Waals surface area contributed by atoms with Gasteiger partial charge in [-0.3, -0.25) is 19.2 Å². The highest BCUT2D eigenvalue weighted by Gasteiger charge is 2.22. The summed E-state index contributed by atoms with van der Waals surface area (Å²) >= 11 is 0. The average molecular weight is 401 g/mol. The van der Waals surface area contributed by atoms with Crippen molar-refractivity contribution in [3.05, 3.63) is 50.9 Å². The minimum atomic E-state index is -0.505. The Balaban J connectivity index is 1.88. The Hall–Kier alpha value is -2.78. The molecule has 8 nitrogen and oxygen atoms in total. The first-order chi connectivity index (χ1) is 14.1. The number of nitrogens with one attached hydrogen (secondary N) is 1. The van der Waals surface area contributed by atoms with Crippen molar-refractivity contribution < 1.29 is 9.13 Å². The van der Waals surface area contributed by atoms with Crippen LogP contribution in [0.2, 0.25) is 0 Å². The zero-order valence-corrected chi connectivity index (χ0v) is 16.4. The van der Waals surface area contributed by atoms with E-state index < -0.39 is 17.1 Å². The Kier molecular flexibility index (Phi) is 5.59. The summed E-state index contributed by atoms with van der Waals surface area (Å²) in [6.45, 7) is 6.43. The van der Waals surface area contributed by atoms with Gasteiger partial charge in [0.25, 0.3) is 5.56 Å². The van der Waals surface area contributed by atoms with Crippen LogP contribution in [0.1, 0.15) is 13.3 Å². The molecule has 0 saturated carbocycles. The third kappa shape index (κ3) is 3.75. The van der Waals surface area contributed by atoms with E-state index in [9.17, 15) is 14.0 Å². The Labute approximate surface area is 166 Å². The van der Waals surface area contributed by atoms with Gasteiger partial charge in [-0.05, 0) is 18.6 Å². The number of ether oxygens (including phenoxy) is 1. The van der Waals surface area contributed by atoms with Gasteiger partial charge in [-0.15, -0.1) is 0 Å². The maximum absolute atomic E-state index is 14.6. The van der Waals surface area contributed by atoms with Gasteiger partial charge in [-0.1, -0.05) is 19.1 Å². The van der Waals surface area contributed by atoms with Gasteiger partial charge in [0, 0.05) is 32.7 Å². The molecule has 0 amide bonds. The average Bonchev–Trinajstić information content (AvgIpc) is 3.10. The van der Waals surface area contributed by atoms with Gasteiger partial charge in [0.1, 0.15) is 11.6 Å². The highest BCUT2D eigenvalue weighted by atomic mass is 19.1. The summed E-state index contributed by atoms with van der Waals surface area (Å²) in [5.41, 5.74) is -0.109. The van der Waals surface area contributed by atoms with Crippen molar-refractivity contribution in [2.24, 2.45) is 0 Å². The van der Waals surface area contributed by atoms with E-state index in [1.54, 1.807) is 22.8 Å². The second kappa shape index (κ2) is 8.30. The summed E-state index contributed by atoms with van der Waals surface area (Å²) in [6, 6.07) is 6.34. The lowest BCUT2D eigenvalue weighted by atomic mass is 10.2. The number of aromatic amines is 1. The summed E-state index contributed by atoms with van der Waals surface area (Å²) in [7, 11) is 0. The lowest BCUT2D eigenvalue weighted by molar-refractivity contribution is 0.0365. The minimum absolute atomic E-state index is 0.292. The number of imidazole rings is 1. The summed E-state index contributed by atoms with van der Waals surface area (Å²) in [4.78, 5) is 34.2. The third-order valence-electron chi connectivity index (χ3n) is 5.19. The predicted octanol–water partition coefficient (Wildman–Crippen LogP) is 1.43. The Morgan fingerprint density at radius 2 is 1.86 bits per heavy atom. The quantitative estimate of drug-likeness (QED) is 0.676. The largest absolute Gasteiger partial charge is 0.379 e. The van der Waals surface area contributed by atoms with E-state index in [1.807, 2.05) is 6.92 Å². The third-order valence-corrected chi connectivity index (χ3v) is 5.19. The van der Waals surface area contributed by atoms with Gasteiger partial charge in [-0.2, -0.15) is 0 Å². The summed E-state index contributed by atoms with van der Waals surface area (Å²) in [5.74, 6) is -0.0661. The molecule has 0 aliphatic carbocycles. The monoisotopic (exact) mass is 401 g/mol. The van der Waals surface area contributed by atoms with Crippen LogP contribution in [0.25, 0.3) is 22.6 Å². The van der Waals surface area contributed by atoms with Gasteiger partial charge in [-0.25, -0.2) is 14.2 Å². The van der Waals surface area contributed by atoms with E-state index in [0.717, 1.165) is 13.1 Å². The van der Waals surface area contributed by atoms with Crippen molar-refractivity contribution in [3.63, 3.8) is 0 Å². The number of rotatable bonds is 6. The Bertz CT molecular complexity index is 1130. The van der Waals surface area contributed by atoms with Crippen molar-refractivity contribution in [2.75, 3.05) is 32.8 Å². The lowest BCUT2D eigenvalue weighted by Crippen LogP contribution is -2.38. The number of benzene rings is 1. The first-order valence-electron chi connectivity index (χ1n) is 9.88. The zero-order chi connectivity index (χ0) is 20.4. The molecule has 1 saturated heterocycles. The Morgan fingerprint density at radius 1 is 1.10 bits per heavy atom. The van der Waals surface area contributed by atoms with Crippen molar-refractivity contribution in [1.29, 1.82) is 0 Å². The molecular formula is C20H24FN5O3. The number of aromatic nitrogens is 4. The van der Waals surface area contributed by atoms with Gasteiger partial charge in [0.15, 0.2) is 11.2 Å². The molecule has 4 rings (SSSR count). The van der Waals surface area contributed by atoms with Crippen molar-refractivity contribution in [2.45, 2.75) is 26.4 Å². The predicted molar refractivity (Wildman–Crippen MR) is 108 cm³/mol. The van der Waals surface area contributed by atoms with E-state index in [-0.39, 0.29) is 0 Å². The van der Waals surface area contributed by atoms with Gasteiger partial charge < -0.3 is 9.30 Å². The van der Waals surface area contributed by atoms with Crippen LogP contribution in [0.15, 0.2) is 33.9 Å². The van der Waals surface area contributed by atoms with Gasteiger partial charge in [0.05, 0.1) is 18.8 Å². The second-order valence-corrected chi connectivity index (χ2v) is 7.10. The molecule has 0 bridgehead atoms. The standard InChI is InChI=1S/C20H24FN5O3/c1-2-7-26-18-16(19(27)23-20(26)28)25(9-8-24-10-12-29-13-11-24)17(22-18)14-5-3-4-6-15(14)21/h3-6H,2,7-13H2,1H3,(H,23,27,28). The number of H-pyrrole nitrogens is 1. The SMILES string of the molecule is CCCn1c(=O)[nH]c(=O)c2c1nc(-c1ccccc1F)n2CCN1CCOCC1. The summed E-state index contributed by atoms with van der Waals surface area (Å²) < 4.78 is 23.1. The molecular weight excluding hydrogens is 377 g/mol. The molecule has 1 aliphatic rings. The van der Waals surface area contributed by atoms with Crippen LogP contribution in [0, 0.1) is 5.82 Å². The first-order valence-corrected chi connectivity index (χ1v) is 9.88. The maximum Gasteiger partial charge on any atom is 0.330 e. The molecule has 0 spiro atoms. The van der Waals surface area contributed by atoms with Crippen LogP contribution in [0.4, 0.5) is 4.39 Å². The van der Waals surface area contributed by atoms with E-state index in [2.05, 4.69) is 14.9 Å². The molecule has 3 heterocycles. The highest BCUT2D eigenvalue weighted by Crippen LogP contribution is 2.25. The molecule has 154 valence electrons. The van der Waals surface area contributed by atoms with E-state index in [4.69, 9.17) is 4.74 Å². The Morgan fingerprint density at radius 3 is 2.59 bits per heavy atom. The number of hydrogen-bond acceptors (Lipinski definition) is 5. The van der Waals surface area contributed by atoms with Crippen LogP contribution >= 0.6 is 0 Å². The number of hydrogen-bond donors (Lipinski definition) is 1. The van der Waals surface area contributed by atoms with E-state index in [1.165, 1.54) is 10.6 Å². The molecule has 1 N–H and O–H groups in total. The summed E-state index contributed by atoms with van der Waals surface area (Å²) in [6.07, 6.45) is 0.705. The normalized spacial score (nSPS) is 15.2. The first kappa shape index (κ1) is 19.5. The molecule has 1 fully saturated rings. The zero-order valence-electron chi connectivity index (χ0n) is 16.4. The number of aryl methyl sites for hydroxylation is 1. The van der Waals surface area contributed by atoms with Crippen molar-refractivity contribution >= 4 is 11.2 Å². The van der Waals surface area contributed by atoms with Crippen LogP contribution in [0.5, 0.6) is 0 Å². The van der Waals surface area contributed by atoms with Crippen LogP contribution < -0.4 is 11.2 Å². The number of fused-ring (bicyclic) bond motifs is 1. The summed E-state index contributed by atoms with van der Waals surface area (Å²) in [5, 5.41) is 0. The number of halogens is 1. The second-order valence-electron chi connectivity index (χ2n) is 7.10. The minimum Gasteiger partial charge on any atom is -0.379 e. The number of morpholine rings is 1. The van der Waals surface area contributed by atoms with Crippen molar-refractivity contribution in [1.82, 2.24) is 24.0 Å². The van der Waals surface area contributed by atoms with Gasteiger partial charge in [0.2, 0.25) is 0 Å². The van der Waals surface area contributed by atoms with E-state index in [0.29, 0.717) is 61.8 Å². The molecule has 29 heavy (non-hydrogen) atoms. The fraction of sp³-hybridized carbons (Fsp3) is 0.450. The fourth-order valence-corrected chi connectivity index (χ4v) is 3.74. The molecule has 3 aromatic rings. The molecule has 2 aromatic heterocycles. The fourth-order valence-electron chi connectivity index (χ4n) is 3.74. The molecule has 0 unspecified atom stereocenters. The smallest absolute Gasteiger partial charge is 0.330 e. The van der Waals surface area contributed by atoms with Gasteiger partial charge >= 0.3 is 5.69 Å². The molecule has 1 aliphatic heterocycles. The molecule has 1 aromatic carbocycles. The maximum atomic E-state index is 14.6. The molecule has 0 atom stereocenters. The lowest BCUT2D eigenvalue weighted by Gasteiger charge is -2.26. The van der Waals surface area contributed by atoms with E-state index >= 15 is 0 Å². The van der Waals surface area contributed by atoms with Crippen LogP contribution in [-0.2, 0) is 17.8 Å². The highest BCUT2D eigenvalue weighted by molar-refractivity contribution is 5.77. The molecule has 9 heteroatoms. The molecule has 0 radical (unpaired) electrons. The van der Waals surface area contributed by atoms with Crippen LogP contribution in [-0.4, -0.2) is 56.9 Å².